The predicted molar refractivity (Wildman–Crippen MR) is 88.7 cm³/mol. The summed E-state index contributed by atoms with van der Waals surface area (Å²) in [5.74, 6) is 1.03. The summed E-state index contributed by atoms with van der Waals surface area (Å²) in [5.41, 5.74) is 5.40. The second-order valence-corrected chi connectivity index (χ2v) is 7.15. The van der Waals surface area contributed by atoms with Crippen LogP contribution in [-0.4, -0.2) is 40.8 Å². The van der Waals surface area contributed by atoms with E-state index in [1.807, 2.05) is 25.7 Å². The smallest absolute Gasteiger partial charge is 0.407 e. The number of alkyl carbamates (subject to hydrolysis) is 1. The van der Waals surface area contributed by atoms with E-state index in [1.165, 1.54) is 0 Å². The maximum Gasteiger partial charge on any atom is 0.407 e. The minimum atomic E-state index is -0.501. The molecule has 0 aromatic carbocycles. The van der Waals surface area contributed by atoms with Crippen molar-refractivity contribution >= 4 is 33.7 Å². The summed E-state index contributed by atoms with van der Waals surface area (Å²) in [7, 11) is 0. The highest BCUT2D eigenvalue weighted by Gasteiger charge is 2.26. The van der Waals surface area contributed by atoms with E-state index in [9.17, 15) is 4.79 Å². The van der Waals surface area contributed by atoms with Crippen molar-refractivity contribution in [2.75, 3.05) is 23.7 Å². The number of amides is 1. The van der Waals surface area contributed by atoms with Gasteiger partial charge in [0.2, 0.25) is 0 Å². The normalized spacial score (nSPS) is 18.9. The number of rotatable bonds is 2. The number of aromatic nitrogens is 2. The van der Waals surface area contributed by atoms with Crippen LogP contribution in [0.1, 0.15) is 33.6 Å². The van der Waals surface area contributed by atoms with Crippen molar-refractivity contribution in [2.45, 2.75) is 45.3 Å². The molecule has 1 aromatic rings. The van der Waals surface area contributed by atoms with Crippen LogP contribution in [0, 0.1) is 0 Å². The fraction of sp³-hybridized carbons (Fsp3) is 0.643. The van der Waals surface area contributed by atoms with Gasteiger partial charge >= 0.3 is 6.09 Å². The summed E-state index contributed by atoms with van der Waals surface area (Å²) in [5, 5.41) is 2.91. The molecule has 1 aliphatic rings. The SMILES string of the molecule is CC(C)(C)OC(=O)N[C@@H]1CCCN(c2nc(Br)cnc2N)C1. The number of carbonyl (C=O) groups excluding carboxylic acids is 1. The monoisotopic (exact) mass is 371 g/mol. The molecule has 0 unspecified atom stereocenters. The fourth-order valence-corrected chi connectivity index (χ4v) is 2.63. The summed E-state index contributed by atoms with van der Waals surface area (Å²) in [6.45, 7) is 7.00. The van der Waals surface area contributed by atoms with E-state index in [1.54, 1.807) is 6.20 Å². The molecule has 1 aromatic heterocycles. The molecule has 22 heavy (non-hydrogen) atoms. The van der Waals surface area contributed by atoms with Gasteiger partial charge in [-0.05, 0) is 49.5 Å². The third-order valence-corrected chi connectivity index (χ3v) is 3.58. The standard InChI is InChI=1S/C14H22BrN5O2/c1-14(2,3)22-13(21)18-9-5-4-6-20(8-9)12-11(16)17-7-10(15)19-12/h7,9H,4-6,8H2,1-3H3,(H2,16,17)(H,18,21)/t9-/m1/s1. The van der Waals surface area contributed by atoms with Crippen LogP contribution in [0.4, 0.5) is 16.4 Å². The van der Waals surface area contributed by atoms with Crippen molar-refractivity contribution in [3.63, 3.8) is 0 Å². The van der Waals surface area contributed by atoms with Crippen LogP contribution in [0.2, 0.25) is 0 Å². The highest BCUT2D eigenvalue weighted by molar-refractivity contribution is 9.10. The quantitative estimate of drug-likeness (QED) is 0.828. The van der Waals surface area contributed by atoms with E-state index in [-0.39, 0.29) is 6.04 Å². The Morgan fingerprint density at radius 1 is 1.55 bits per heavy atom. The molecule has 3 N–H and O–H groups in total. The summed E-state index contributed by atoms with van der Waals surface area (Å²) >= 11 is 3.31. The number of carbonyl (C=O) groups is 1. The highest BCUT2D eigenvalue weighted by atomic mass is 79.9. The van der Waals surface area contributed by atoms with Gasteiger partial charge in [0.1, 0.15) is 10.2 Å². The van der Waals surface area contributed by atoms with Crippen LogP contribution in [0.25, 0.3) is 0 Å². The van der Waals surface area contributed by atoms with Crippen LogP contribution >= 0.6 is 15.9 Å². The molecule has 1 atom stereocenters. The summed E-state index contributed by atoms with van der Waals surface area (Å²) in [4.78, 5) is 22.4. The molecule has 2 rings (SSSR count). The van der Waals surface area contributed by atoms with E-state index in [0.29, 0.717) is 22.8 Å². The average molecular weight is 372 g/mol. The molecule has 1 fully saturated rings. The number of nitrogen functional groups attached to an aromatic ring is 1. The highest BCUT2D eigenvalue weighted by Crippen LogP contribution is 2.24. The van der Waals surface area contributed by atoms with Crippen LogP contribution < -0.4 is 16.0 Å². The Hall–Kier alpha value is -1.57. The molecule has 1 aliphatic heterocycles. The molecule has 8 heteroatoms. The van der Waals surface area contributed by atoms with Gasteiger partial charge in [-0.1, -0.05) is 0 Å². The number of ether oxygens (including phenoxy) is 1. The first-order chi connectivity index (χ1) is 10.2. The number of anilines is 2. The van der Waals surface area contributed by atoms with Gasteiger partial charge in [-0.15, -0.1) is 0 Å². The largest absolute Gasteiger partial charge is 0.444 e. The second kappa shape index (κ2) is 6.68. The van der Waals surface area contributed by atoms with E-state index in [4.69, 9.17) is 10.5 Å². The third kappa shape index (κ3) is 4.72. The van der Waals surface area contributed by atoms with E-state index >= 15 is 0 Å². The second-order valence-electron chi connectivity index (χ2n) is 6.33. The van der Waals surface area contributed by atoms with Gasteiger partial charge in [0.25, 0.3) is 0 Å². The Kier molecular flexibility index (Phi) is 5.10. The number of piperidine rings is 1. The Bertz CT molecular complexity index is 547. The maximum atomic E-state index is 11.9. The van der Waals surface area contributed by atoms with Crippen LogP contribution in [0.3, 0.4) is 0 Å². The number of hydrogen-bond donors (Lipinski definition) is 2. The topological polar surface area (TPSA) is 93.4 Å². The lowest BCUT2D eigenvalue weighted by Crippen LogP contribution is -2.49. The Morgan fingerprint density at radius 2 is 2.27 bits per heavy atom. The minimum Gasteiger partial charge on any atom is -0.444 e. The van der Waals surface area contributed by atoms with Crippen LogP contribution in [0.15, 0.2) is 10.8 Å². The summed E-state index contributed by atoms with van der Waals surface area (Å²) in [6.07, 6.45) is 3.01. The van der Waals surface area contributed by atoms with Crippen molar-refractivity contribution in [3.05, 3.63) is 10.8 Å². The van der Waals surface area contributed by atoms with Crippen molar-refractivity contribution in [1.29, 1.82) is 0 Å². The number of nitrogens with one attached hydrogen (secondary N) is 1. The molecule has 1 amide bonds. The molecule has 0 saturated carbocycles. The molecule has 2 heterocycles. The van der Waals surface area contributed by atoms with E-state index in [2.05, 4.69) is 31.2 Å². The zero-order chi connectivity index (χ0) is 16.3. The number of hydrogen-bond acceptors (Lipinski definition) is 6. The minimum absolute atomic E-state index is 0.00350. The van der Waals surface area contributed by atoms with E-state index < -0.39 is 11.7 Å². The Balaban J connectivity index is 2.00. The lowest BCUT2D eigenvalue weighted by Gasteiger charge is -2.34. The fourth-order valence-electron chi connectivity index (χ4n) is 2.36. The lowest BCUT2D eigenvalue weighted by atomic mass is 10.1. The van der Waals surface area contributed by atoms with Crippen molar-refractivity contribution < 1.29 is 9.53 Å². The molecule has 0 radical (unpaired) electrons. The molecule has 7 nitrogen and oxygen atoms in total. The molecule has 0 aliphatic carbocycles. The summed E-state index contributed by atoms with van der Waals surface area (Å²) < 4.78 is 5.93. The van der Waals surface area contributed by atoms with Gasteiger partial charge < -0.3 is 20.7 Å². The maximum absolute atomic E-state index is 11.9. The van der Waals surface area contributed by atoms with Crippen LogP contribution in [-0.2, 0) is 4.74 Å². The molecular formula is C14H22BrN5O2. The molecule has 0 bridgehead atoms. The van der Waals surface area contributed by atoms with E-state index in [0.717, 1.165) is 19.4 Å². The molecule has 122 valence electrons. The molecule has 1 saturated heterocycles. The Morgan fingerprint density at radius 3 is 2.95 bits per heavy atom. The molecular weight excluding hydrogens is 350 g/mol. The average Bonchev–Trinajstić information content (AvgIpc) is 2.39. The zero-order valence-electron chi connectivity index (χ0n) is 13.1. The van der Waals surface area contributed by atoms with Crippen molar-refractivity contribution in [1.82, 2.24) is 15.3 Å². The zero-order valence-corrected chi connectivity index (χ0v) is 14.7. The predicted octanol–water partition coefficient (Wildman–Crippen LogP) is 2.31. The molecule has 0 spiro atoms. The first-order valence-electron chi connectivity index (χ1n) is 7.27. The van der Waals surface area contributed by atoms with Gasteiger partial charge in [-0.3, -0.25) is 0 Å². The Labute approximate surface area is 138 Å². The van der Waals surface area contributed by atoms with Crippen molar-refractivity contribution in [2.24, 2.45) is 0 Å². The number of halogens is 1. The lowest BCUT2D eigenvalue weighted by molar-refractivity contribution is 0.0500. The van der Waals surface area contributed by atoms with Gasteiger partial charge in [0.05, 0.1) is 6.20 Å². The van der Waals surface area contributed by atoms with Gasteiger partial charge in [0, 0.05) is 19.1 Å². The van der Waals surface area contributed by atoms with Crippen LogP contribution in [0.5, 0.6) is 0 Å². The first kappa shape index (κ1) is 16.8. The first-order valence-corrected chi connectivity index (χ1v) is 8.06. The number of nitrogens with two attached hydrogens (primary N) is 1. The van der Waals surface area contributed by atoms with Gasteiger partial charge in [-0.2, -0.15) is 0 Å². The van der Waals surface area contributed by atoms with Crippen molar-refractivity contribution in [3.8, 4) is 0 Å². The van der Waals surface area contributed by atoms with Gasteiger partial charge in [0.15, 0.2) is 11.6 Å². The summed E-state index contributed by atoms with van der Waals surface area (Å²) in [6, 6.07) is 0.00350. The van der Waals surface area contributed by atoms with Gasteiger partial charge in [-0.25, -0.2) is 14.8 Å². The third-order valence-electron chi connectivity index (χ3n) is 3.19. The number of nitrogens with zero attached hydrogens (tertiary/aromatic N) is 3.